The first-order chi connectivity index (χ1) is 12.3. The van der Waals surface area contributed by atoms with Crippen LogP contribution in [0.15, 0.2) is 60.8 Å². The highest BCUT2D eigenvalue weighted by Gasteiger charge is 2.24. The smallest absolute Gasteiger partial charge is 0.227 e. The van der Waals surface area contributed by atoms with Crippen LogP contribution in [0.1, 0.15) is 18.4 Å². The Labute approximate surface area is 147 Å². The van der Waals surface area contributed by atoms with E-state index in [0.29, 0.717) is 12.5 Å². The summed E-state index contributed by atoms with van der Waals surface area (Å²) >= 11 is 0. The van der Waals surface area contributed by atoms with E-state index in [1.54, 1.807) is 0 Å². The van der Waals surface area contributed by atoms with Gasteiger partial charge in [0.25, 0.3) is 0 Å². The summed E-state index contributed by atoms with van der Waals surface area (Å²) in [6.07, 6.45) is 4.57. The fourth-order valence-corrected chi connectivity index (χ4v) is 3.64. The standard InChI is InChI=1S/C21H23N3O/c25-21(13-16-14-22-20-11-5-4-10-19(16)20)24-12-6-9-18(15-24)23-17-7-2-1-3-8-17/h1-5,7-8,10-11,14,18,22-23H,6,9,12-13,15H2. The minimum Gasteiger partial charge on any atom is -0.381 e. The Morgan fingerprint density at radius 2 is 1.92 bits per heavy atom. The molecule has 1 aliphatic heterocycles. The molecule has 4 rings (SSSR count). The van der Waals surface area contributed by atoms with Crippen LogP contribution in [-0.2, 0) is 11.2 Å². The van der Waals surface area contributed by atoms with E-state index < -0.39 is 0 Å². The average molecular weight is 333 g/mol. The number of piperidine rings is 1. The van der Waals surface area contributed by atoms with E-state index in [9.17, 15) is 4.79 Å². The summed E-state index contributed by atoms with van der Waals surface area (Å²) in [5.74, 6) is 0.212. The van der Waals surface area contributed by atoms with Crippen LogP contribution in [-0.4, -0.2) is 34.9 Å². The molecule has 1 aromatic heterocycles. The van der Waals surface area contributed by atoms with E-state index in [1.807, 2.05) is 47.5 Å². The molecular formula is C21H23N3O. The van der Waals surface area contributed by atoms with Crippen LogP contribution in [0, 0.1) is 0 Å². The number of para-hydroxylation sites is 2. The normalized spacial score (nSPS) is 17.6. The summed E-state index contributed by atoms with van der Waals surface area (Å²) in [7, 11) is 0. The van der Waals surface area contributed by atoms with Crippen molar-refractivity contribution < 1.29 is 4.79 Å². The Hall–Kier alpha value is -2.75. The van der Waals surface area contributed by atoms with Gasteiger partial charge in [0.15, 0.2) is 0 Å². The number of amides is 1. The number of hydrogen-bond donors (Lipinski definition) is 2. The van der Waals surface area contributed by atoms with Gasteiger partial charge in [0, 0.05) is 41.9 Å². The van der Waals surface area contributed by atoms with Gasteiger partial charge in [0.1, 0.15) is 0 Å². The van der Waals surface area contributed by atoms with Gasteiger partial charge >= 0.3 is 0 Å². The van der Waals surface area contributed by atoms with Crippen molar-refractivity contribution in [3.8, 4) is 0 Å². The third-order valence-electron chi connectivity index (χ3n) is 4.94. The molecule has 1 saturated heterocycles. The maximum atomic E-state index is 12.8. The molecule has 3 aromatic rings. The van der Waals surface area contributed by atoms with E-state index >= 15 is 0 Å². The second-order valence-corrected chi connectivity index (χ2v) is 6.73. The van der Waals surface area contributed by atoms with E-state index in [2.05, 4.69) is 28.5 Å². The first-order valence-corrected chi connectivity index (χ1v) is 8.94. The number of nitrogens with one attached hydrogen (secondary N) is 2. The number of likely N-dealkylation sites (tertiary alicyclic amines) is 1. The first kappa shape index (κ1) is 15.8. The van der Waals surface area contributed by atoms with Crippen LogP contribution >= 0.6 is 0 Å². The number of carbonyl (C=O) groups is 1. The van der Waals surface area contributed by atoms with Crippen LogP contribution in [0.3, 0.4) is 0 Å². The van der Waals surface area contributed by atoms with Crippen LogP contribution in [0.4, 0.5) is 5.69 Å². The number of fused-ring (bicyclic) bond motifs is 1. The minimum atomic E-state index is 0.212. The number of aromatic amines is 1. The molecule has 0 radical (unpaired) electrons. The summed E-state index contributed by atoms with van der Waals surface area (Å²) in [5, 5.41) is 4.70. The predicted molar refractivity (Wildman–Crippen MR) is 102 cm³/mol. The molecule has 4 heteroatoms. The second kappa shape index (κ2) is 7.01. The van der Waals surface area contributed by atoms with Crippen molar-refractivity contribution in [2.24, 2.45) is 0 Å². The van der Waals surface area contributed by atoms with E-state index in [1.165, 1.54) is 0 Å². The highest BCUT2D eigenvalue weighted by atomic mass is 16.2. The quantitative estimate of drug-likeness (QED) is 0.763. The monoisotopic (exact) mass is 333 g/mol. The van der Waals surface area contributed by atoms with Gasteiger partial charge in [0.05, 0.1) is 6.42 Å². The number of hydrogen-bond acceptors (Lipinski definition) is 2. The van der Waals surface area contributed by atoms with Gasteiger partial charge < -0.3 is 15.2 Å². The molecular weight excluding hydrogens is 310 g/mol. The van der Waals surface area contributed by atoms with Gasteiger partial charge in [-0.25, -0.2) is 0 Å². The van der Waals surface area contributed by atoms with Crippen LogP contribution < -0.4 is 5.32 Å². The number of H-pyrrole nitrogens is 1. The van der Waals surface area contributed by atoms with Crippen LogP contribution in [0.5, 0.6) is 0 Å². The number of anilines is 1. The third kappa shape index (κ3) is 3.53. The van der Waals surface area contributed by atoms with Gasteiger partial charge in [0.2, 0.25) is 5.91 Å². The molecule has 1 amide bonds. The highest BCUT2D eigenvalue weighted by molar-refractivity contribution is 5.88. The minimum absolute atomic E-state index is 0.212. The van der Waals surface area contributed by atoms with E-state index in [0.717, 1.165) is 48.1 Å². The topological polar surface area (TPSA) is 48.1 Å². The largest absolute Gasteiger partial charge is 0.381 e. The summed E-state index contributed by atoms with van der Waals surface area (Å²) in [6, 6.07) is 18.7. The Bertz CT molecular complexity index is 856. The lowest BCUT2D eigenvalue weighted by Gasteiger charge is -2.33. The van der Waals surface area contributed by atoms with Gasteiger partial charge in [-0.05, 0) is 36.6 Å². The molecule has 128 valence electrons. The van der Waals surface area contributed by atoms with Crippen molar-refractivity contribution in [2.75, 3.05) is 18.4 Å². The molecule has 2 heterocycles. The maximum Gasteiger partial charge on any atom is 0.227 e. The highest BCUT2D eigenvalue weighted by Crippen LogP contribution is 2.21. The summed E-state index contributed by atoms with van der Waals surface area (Å²) < 4.78 is 0. The zero-order chi connectivity index (χ0) is 17.1. The summed E-state index contributed by atoms with van der Waals surface area (Å²) in [6.45, 7) is 1.63. The van der Waals surface area contributed by atoms with Gasteiger partial charge in [-0.1, -0.05) is 36.4 Å². The van der Waals surface area contributed by atoms with E-state index in [4.69, 9.17) is 0 Å². The van der Waals surface area contributed by atoms with Crippen molar-refractivity contribution >= 4 is 22.5 Å². The average Bonchev–Trinajstić information content (AvgIpc) is 3.06. The molecule has 1 unspecified atom stereocenters. The molecule has 0 spiro atoms. The van der Waals surface area contributed by atoms with Crippen molar-refractivity contribution in [1.29, 1.82) is 0 Å². The lowest BCUT2D eigenvalue weighted by molar-refractivity contribution is -0.131. The summed E-state index contributed by atoms with van der Waals surface area (Å²) in [4.78, 5) is 18.1. The molecule has 1 atom stereocenters. The molecule has 1 fully saturated rings. The fourth-order valence-electron chi connectivity index (χ4n) is 3.64. The molecule has 0 bridgehead atoms. The molecule has 25 heavy (non-hydrogen) atoms. The SMILES string of the molecule is O=C(Cc1c[nH]c2ccccc12)N1CCCC(Nc2ccccc2)C1. The number of carbonyl (C=O) groups excluding carboxylic acids is 1. The van der Waals surface area contributed by atoms with Crippen LogP contribution in [0.25, 0.3) is 10.9 Å². The Morgan fingerprint density at radius 1 is 1.12 bits per heavy atom. The van der Waals surface area contributed by atoms with Crippen molar-refractivity contribution in [3.05, 3.63) is 66.4 Å². The van der Waals surface area contributed by atoms with Gasteiger partial charge in [-0.3, -0.25) is 4.79 Å². The first-order valence-electron chi connectivity index (χ1n) is 8.94. The zero-order valence-electron chi connectivity index (χ0n) is 14.2. The molecule has 2 N–H and O–H groups in total. The second-order valence-electron chi connectivity index (χ2n) is 6.73. The Balaban J connectivity index is 1.41. The van der Waals surface area contributed by atoms with Crippen molar-refractivity contribution in [2.45, 2.75) is 25.3 Å². The van der Waals surface area contributed by atoms with Crippen molar-refractivity contribution in [3.63, 3.8) is 0 Å². The molecule has 0 aliphatic carbocycles. The summed E-state index contributed by atoms with van der Waals surface area (Å²) in [5.41, 5.74) is 3.30. The van der Waals surface area contributed by atoms with E-state index in [-0.39, 0.29) is 5.91 Å². The number of benzene rings is 2. The molecule has 0 saturated carbocycles. The number of aromatic nitrogens is 1. The molecule has 2 aromatic carbocycles. The predicted octanol–water partition coefficient (Wildman–Crippen LogP) is 3.81. The van der Waals surface area contributed by atoms with Crippen LogP contribution in [0.2, 0.25) is 0 Å². The number of rotatable bonds is 4. The molecule has 1 aliphatic rings. The van der Waals surface area contributed by atoms with Crippen molar-refractivity contribution in [1.82, 2.24) is 9.88 Å². The van der Waals surface area contributed by atoms with Gasteiger partial charge in [-0.2, -0.15) is 0 Å². The maximum absolute atomic E-state index is 12.8. The fraction of sp³-hybridized carbons (Fsp3) is 0.286. The Morgan fingerprint density at radius 3 is 2.80 bits per heavy atom. The number of nitrogens with zero attached hydrogens (tertiary/aromatic N) is 1. The van der Waals surface area contributed by atoms with Gasteiger partial charge in [-0.15, -0.1) is 0 Å². The Kier molecular flexibility index (Phi) is 4.42. The zero-order valence-corrected chi connectivity index (χ0v) is 14.2. The lowest BCUT2D eigenvalue weighted by Crippen LogP contribution is -2.45. The third-order valence-corrected chi connectivity index (χ3v) is 4.94. The lowest BCUT2D eigenvalue weighted by atomic mass is 10.0. The molecule has 4 nitrogen and oxygen atoms in total.